The van der Waals surface area contributed by atoms with Crippen LogP contribution < -0.4 is 14.4 Å². The van der Waals surface area contributed by atoms with Gasteiger partial charge in [0.2, 0.25) is 15.9 Å². The Balaban J connectivity index is 2.33. The molecule has 0 aliphatic carbocycles. The van der Waals surface area contributed by atoms with Gasteiger partial charge in [-0.05, 0) is 38.1 Å². The lowest BCUT2D eigenvalue weighted by Crippen LogP contribution is -2.48. The first-order chi connectivity index (χ1) is 13.1. The molecule has 0 bridgehead atoms. The average molecular weight is 445 g/mol. The zero-order valence-electron chi connectivity index (χ0n) is 15.9. The zero-order chi connectivity index (χ0) is 21.1. The highest BCUT2D eigenvalue weighted by Gasteiger charge is 2.31. The number of rotatable bonds is 7. The highest BCUT2D eigenvalue weighted by atomic mass is 35.5. The lowest BCUT2D eigenvalue weighted by atomic mass is 10.1. The molecule has 2 atom stereocenters. The van der Waals surface area contributed by atoms with Crippen LogP contribution in [0.25, 0.3) is 0 Å². The number of nitrogens with one attached hydrogen (secondary N) is 1. The molecular formula is C19H22Cl2N2O4S. The van der Waals surface area contributed by atoms with E-state index in [1.807, 2.05) is 18.2 Å². The van der Waals surface area contributed by atoms with E-state index in [0.717, 1.165) is 16.1 Å². The van der Waals surface area contributed by atoms with Crippen molar-refractivity contribution in [1.82, 2.24) is 5.32 Å². The summed E-state index contributed by atoms with van der Waals surface area (Å²) in [6.45, 7) is 3.28. The molecule has 0 aliphatic heterocycles. The highest BCUT2D eigenvalue weighted by Crippen LogP contribution is 2.32. The molecule has 0 spiro atoms. The van der Waals surface area contributed by atoms with Gasteiger partial charge < -0.3 is 10.1 Å². The van der Waals surface area contributed by atoms with Gasteiger partial charge in [-0.15, -0.1) is 0 Å². The van der Waals surface area contributed by atoms with Crippen molar-refractivity contribution in [2.45, 2.75) is 25.9 Å². The van der Waals surface area contributed by atoms with Crippen LogP contribution in [0.3, 0.4) is 0 Å². The van der Waals surface area contributed by atoms with Crippen LogP contribution in [0.1, 0.15) is 25.5 Å². The average Bonchev–Trinajstić information content (AvgIpc) is 2.63. The molecule has 0 heterocycles. The van der Waals surface area contributed by atoms with Crippen LogP contribution in [0, 0.1) is 0 Å². The van der Waals surface area contributed by atoms with Gasteiger partial charge in [0.25, 0.3) is 0 Å². The van der Waals surface area contributed by atoms with E-state index in [9.17, 15) is 13.2 Å². The van der Waals surface area contributed by atoms with Crippen molar-refractivity contribution in [2.75, 3.05) is 17.7 Å². The van der Waals surface area contributed by atoms with E-state index in [1.165, 1.54) is 19.1 Å². The lowest BCUT2D eigenvalue weighted by molar-refractivity contribution is -0.122. The number of hydrogen-bond donors (Lipinski definition) is 1. The number of ether oxygens (including phenoxy) is 1. The predicted octanol–water partition coefficient (Wildman–Crippen LogP) is 4.03. The number of anilines is 1. The quantitative estimate of drug-likeness (QED) is 0.698. The third-order valence-corrected chi connectivity index (χ3v) is 5.98. The molecule has 152 valence electrons. The molecule has 1 amide bonds. The third-order valence-electron chi connectivity index (χ3n) is 4.20. The lowest BCUT2D eigenvalue weighted by Gasteiger charge is -2.30. The van der Waals surface area contributed by atoms with Crippen molar-refractivity contribution in [3.8, 4) is 5.75 Å². The Morgan fingerprint density at radius 1 is 1.14 bits per heavy atom. The van der Waals surface area contributed by atoms with Crippen LogP contribution in [0.2, 0.25) is 10.0 Å². The SMILES string of the molecule is COc1ccccc1[C@@H](C)NC(=O)[C@H](C)N(c1cc(Cl)ccc1Cl)S(C)(=O)=O. The molecule has 1 N–H and O–H groups in total. The Hall–Kier alpha value is -1.96. The number of sulfonamides is 1. The molecule has 2 aromatic carbocycles. The number of carbonyl (C=O) groups is 1. The van der Waals surface area contributed by atoms with Gasteiger partial charge in [0.05, 0.1) is 30.1 Å². The molecule has 0 aromatic heterocycles. The summed E-state index contributed by atoms with van der Waals surface area (Å²) in [5.74, 6) is 0.140. The van der Waals surface area contributed by atoms with Gasteiger partial charge in [0.1, 0.15) is 11.8 Å². The van der Waals surface area contributed by atoms with E-state index in [-0.39, 0.29) is 10.7 Å². The molecule has 6 nitrogen and oxygen atoms in total. The number of para-hydroxylation sites is 1. The first-order valence-electron chi connectivity index (χ1n) is 8.44. The maximum absolute atomic E-state index is 12.8. The Morgan fingerprint density at radius 3 is 2.39 bits per heavy atom. The van der Waals surface area contributed by atoms with Crippen LogP contribution in [0.15, 0.2) is 42.5 Å². The largest absolute Gasteiger partial charge is 0.496 e. The van der Waals surface area contributed by atoms with Gasteiger partial charge in [-0.1, -0.05) is 41.4 Å². The summed E-state index contributed by atoms with van der Waals surface area (Å²) in [6, 6.07) is 10.3. The minimum atomic E-state index is -3.81. The fraction of sp³-hybridized carbons (Fsp3) is 0.316. The molecule has 0 unspecified atom stereocenters. The Kier molecular flexibility index (Phi) is 7.20. The third kappa shape index (κ3) is 5.10. The number of halogens is 2. The summed E-state index contributed by atoms with van der Waals surface area (Å²) in [7, 11) is -2.27. The van der Waals surface area contributed by atoms with Gasteiger partial charge in [-0.3, -0.25) is 9.10 Å². The van der Waals surface area contributed by atoms with Gasteiger partial charge in [-0.25, -0.2) is 8.42 Å². The van der Waals surface area contributed by atoms with E-state index in [0.29, 0.717) is 10.8 Å². The number of benzene rings is 2. The van der Waals surface area contributed by atoms with E-state index in [1.54, 1.807) is 26.2 Å². The minimum absolute atomic E-state index is 0.143. The Bertz CT molecular complexity index is 966. The van der Waals surface area contributed by atoms with E-state index in [4.69, 9.17) is 27.9 Å². The standard InChI is InChI=1S/C19H22Cl2N2O4S/c1-12(15-7-5-6-8-18(15)27-3)22-19(24)13(2)23(28(4,25)26)17-11-14(20)9-10-16(17)21/h5-13H,1-4H3,(H,22,24)/t12-,13+/m1/s1. The fourth-order valence-electron chi connectivity index (χ4n) is 2.87. The molecular weight excluding hydrogens is 423 g/mol. The molecule has 0 saturated carbocycles. The summed E-state index contributed by atoms with van der Waals surface area (Å²) < 4.78 is 31.1. The summed E-state index contributed by atoms with van der Waals surface area (Å²) in [5, 5.41) is 3.31. The van der Waals surface area contributed by atoms with E-state index >= 15 is 0 Å². The number of carbonyl (C=O) groups excluding carboxylic acids is 1. The molecule has 2 aromatic rings. The van der Waals surface area contributed by atoms with Gasteiger partial charge in [-0.2, -0.15) is 0 Å². The summed E-state index contributed by atoms with van der Waals surface area (Å²) in [5.41, 5.74) is 0.918. The van der Waals surface area contributed by atoms with Crippen molar-refractivity contribution in [3.63, 3.8) is 0 Å². The van der Waals surface area contributed by atoms with E-state index < -0.39 is 28.0 Å². The van der Waals surface area contributed by atoms with Crippen molar-refractivity contribution in [1.29, 1.82) is 0 Å². The number of nitrogens with zero attached hydrogens (tertiary/aromatic N) is 1. The number of methoxy groups -OCH3 is 1. The van der Waals surface area contributed by atoms with Crippen molar-refractivity contribution >= 4 is 44.8 Å². The van der Waals surface area contributed by atoms with Crippen LogP contribution in [0.5, 0.6) is 5.75 Å². The minimum Gasteiger partial charge on any atom is -0.496 e. The van der Waals surface area contributed by atoms with Crippen molar-refractivity contribution in [3.05, 3.63) is 58.1 Å². The van der Waals surface area contributed by atoms with Crippen molar-refractivity contribution < 1.29 is 17.9 Å². The first-order valence-corrected chi connectivity index (χ1v) is 11.0. The maximum Gasteiger partial charge on any atom is 0.244 e. The monoisotopic (exact) mass is 444 g/mol. The summed E-state index contributed by atoms with van der Waals surface area (Å²) >= 11 is 12.2. The smallest absolute Gasteiger partial charge is 0.244 e. The van der Waals surface area contributed by atoms with Crippen LogP contribution in [-0.4, -0.2) is 33.7 Å². The molecule has 0 saturated heterocycles. The molecule has 9 heteroatoms. The first kappa shape index (κ1) is 22.3. The van der Waals surface area contributed by atoms with Crippen LogP contribution in [-0.2, 0) is 14.8 Å². The second-order valence-electron chi connectivity index (χ2n) is 6.30. The van der Waals surface area contributed by atoms with E-state index in [2.05, 4.69) is 5.32 Å². The zero-order valence-corrected chi connectivity index (χ0v) is 18.3. The fourth-order valence-corrected chi connectivity index (χ4v) is 4.48. The van der Waals surface area contributed by atoms with Crippen molar-refractivity contribution in [2.24, 2.45) is 0 Å². The number of hydrogen-bond acceptors (Lipinski definition) is 4. The molecule has 0 aliphatic rings. The topological polar surface area (TPSA) is 75.7 Å². The van der Waals surface area contributed by atoms with Crippen LogP contribution >= 0.6 is 23.2 Å². The Morgan fingerprint density at radius 2 is 1.79 bits per heavy atom. The molecule has 2 rings (SSSR count). The Labute approximate surface area is 175 Å². The summed E-state index contributed by atoms with van der Waals surface area (Å²) in [4.78, 5) is 12.8. The molecule has 0 fully saturated rings. The second kappa shape index (κ2) is 9.03. The predicted molar refractivity (Wildman–Crippen MR) is 113 cm³/mol. The van der Waals surface area contributed by atoms with Crippen LogP contribution in [0.4, 0.5) is 5.69 Å². The number of amides is 1. The normalized spacial score (nSPS) is 13.5. The van der Waals surface area contributed by atoms with Gasteiger partial charge in [0, 0.05) is 10.6 Å². The molecule has 0 radical (unpaired) electrons. The maximum atomic E-state index is 12.8. The van der Waals surface area contributed by atoms with Gasteiger partial charge in [0.15, 0.2) is 0 Å². The highest BCUT2D eigenvalue weighted by molar-refractivity contribution is 7.92. The second-order valence-corrected chi connectivity index (χ2v) is 9.01. The van der Waals surface area contributed by atoms with Gasteiger partial charge >= 0.3 is 0 Å². The summed E-state index contributed by atoms with van der Waals surface area (Å²) in [6.07, 6.45) is 1.01. The molecule has 28 heavy (non-hydrogen) atoms.